The van der Waals surface area contributed by atoms with Gasteiger partial charge in [0.1, 0.15) is 11.5 Å². The van der Waals surface area contributed by atoms with Crippen molar-refractivity contribution in [2.45, 2.75) is 18.1 Å². The van der Waals surface area contributed by atoms with Crippen molar-refractivity contribution in [2.24, 2.45) is 0 Å². The second kappa shape index (κ2) is 8.43. The summed E-state index contributed by atoms with van der Waals surface area (Å²) >= 11 is 1.27. The van der Waals surface area contributed by atoms with Crippen LogP contribution in [-0.2, 0) is 6.54 Å². The number of hydrogen-bond donors (Lipinski definition) is 0. The lowest BCUT2D eigenvalue weighted by molar-refractivity contribution is 0.145. The zero-order valence-electron chi connectivity index (χ0n) is 14.4. The zero-order chi connectivity index (χ0) is 18.5. The van der Waals surface area contributed by atoms with Crippen molar-refractivity contribution in [3.63, 3.8) is 0 Å². The van der Waals surface area contributed by atoms with Crippen LogP contribution >= 0.6 is 11.8 Å². The molecule has 0 saturated carbocycles. The van der Waals surface area contributed by atoms with Crippen LogP contribution in [0.3, 0.4) is 0 Å². The number of nitriles is 1. The van der Waals surface area contributed by atoms with Crippen molar-refractivity contribution >= 4 is 17.6 Å². The van der Waals surface area contributed by atoms with Gasteiger partial charge < -0.3 is 4.90 Å². The maximum Gasteiger partial charge on any atom is 0.280 e. The third-order valence-electron chi connectivity index (χ3n) is 4.30. The van der Waals surface area contributed by atoms with E-state index in [9.17, 15) is 8.78 Å². The second-order valence-corrected chi connectivity index (χ2v) is 6.78. The van der Waals surface area contributed by atoms with Crippen LogP contribution in [0.5, 0.6) is 0 Å². The lowest BCUT2D eigenvalue weighted by Crippen LogP contribution is -2.46. The van der Waals surface area contributed by atoms with Crippen LogP contribution in [0.1, 0.15) is 23.2 Å². The Balaban J connectivity index is 1.63. The molecule has 1 aromatic carbocycles. The van der Waals surface area contributed by atoms with Gasteiger partial charge in [-0.15, -0.1) is 0 Å². The number of hydrogen-bond acceptors (Lipinski definition) is 6. The average Bonchev–Trinajstić information content (AvgIpc) is 2.68. The number of aromatic nitrogens is 2. The maximum atomic E-state index is 13.0. The molecule has 0 atom stereocenters. The van der Waals surface area contributed by atoms with E-state index < -0.39 is 6.43 Å². The zero-order valence-corrected chi connectivity index (χ0v) is 15.2. The van der Waals surface area contributed by atoms with Gasteiger partial charge in [-0.25, -0.2) is 18.7 Å². The fourth-order valence-electron chi connectivity index (χ4n) is 2.87. The van der Waals surface area contributed by atoms with Crippen molar-refractivity contribution < 1.29 is 8.78 Å². The Morgan fingerprint density at radius 2 is 1.85 bits per heavy atom. The molecule has 8 heteroatoms. The van der Waals surface area contributed by atoms with E-state index >= 15 is 0 Å². The monoisotopic (exact) mass is 375 g/mol. The molecule has 1 aliphatic heterocycles. The van der Waals surface area contributed by atoms with Crippen molar-refractivity contribution in [2.75, 3.05) is 37.3 Å². The Kier molecular flexibility index (Phi) is 6.01. The summed E-state index contributed by atoms with van der Waals surface area (Å²) in [7, 11) is 0. The summed E-state index contributed by atoms with van der Waals surface area (Å²) in [5.74, 6) is 0.567. The Morgan fingerprint density at radius 1 is 1.15 bits per heavy atom. The van der Waals surface area contributed by atoms with Crippen LogP contribution < -0.4 is 4.90 Å². The molecule has 0 aliphatic carbocycles. The van der Waals surface area contributed by atoms with Gasteiger partial charge in [0.15, 0.2) is 5.16 Å². The van der Waals surface area contributed by atoms with E-state index in [0.717, 1.165) is 38.3 Å². The number of benzene rings is 1. The van der Waals surface area contributed by atoms with E-state index in [1.807, 2.05) is 29.2 Å². The molecule has 1 fully saturated rings. The molecule has 1 saturated heterocycles. The summed E-state index contributed by atoms with van der Waals surface area (Å²) in [5, 5.41) is 9.23. The molecule has 0 unspecified atom stereocenters. The number of piperazine rings is 1. The molecule has 0 bridgehead atoms. The lowest BCUT2D eigenvalue weighted by Gasteiger charge is -2.35. The molecule has 5 nitrogen and oxygen atoms in total. The van der Waals surface area contributed by atoms with Crippen molar-refractivity contribution in [1.82, 2.24) is 14.9 Å². The van der Waals surface area contributed by atoms with Crippen molar-refractivity contribution in [3.05, 3.63) is 47.2 Å². The number of rotatable bonds is 5. The first kappa shape index (κ1) is 18.5. The highest BCUT2D eigenvalue weighted by Gasteiger charge is 2.21. The van der Waals surface area contributed by atoms with Gasteiger partial charge in [0.05, 0.1) is 11.6 Å². The summed E-state index contributed by atoms with van der Waals surface area (Å²) in [6.45, 7) is 3.90. The SMILES string of the molecule is CSc1nc(C(F)F)cc(N2CCN(Cc3ccc(C#N)cc3)CC2)n1. The topological polar surface area (TPSA) is 56.1 Å². The molecule has 3 rings (SSSR count). The van der Waals surface area contributed by atoms with Crippen LogP contribution in [0.25, 0.3) is 0 Å². The summed E-state index contributed by atoms with van der Waals surface area (Å²) in [6, 6.07) is 11.1. The smallest absolute Gasteiger partial charge is 0.280 e. The van der Waals surface area contributed by atoms with Gasteiger partial charge in [0, 0.05) is 38.8 Å². The summed E-state index contributed by atoms with van der Waals surface area (Å²) in [4.78, 5) is 12.6. The Bertz CT molecular complexity index is 783. The largest absolute Gasteiger partial charge is 0.354 e. The molecule has 2 heterocycles. The molecule has 1 aliphatic rings. The Hall–Kier alpha value is -2.24. The number of halogens is 2. The lowest BCUT2D eigenvalue weighted by atomic mass is 10.1. The van der Waals surface area contributed by atoms with E-state index in [-0.39, 0.29) is 5.69 Å². The fraction of sp³-hybridized carbons (Fsp3) is 0.389. The van der Waals surface area contributed by atoms with Gasteiger partial charge in [-0.1, -0.05) is 23.9 Å². The molecule has 26 heavy (non-hydrogen) atoms. The van der Waals surface area contributed by atoms with E-state index in [2.05, 4.69) is 20.9 Å². The predicted octanol–water partition coefficient (Wildman–Crippen LogP) is 3.33. The molecule has 136 valence electrons. The number of alkyl halides is 2. The first-order chi connectivity index (χ1) is 12.6. The number of thioether (sulfide) groups is 1. The Morgan fingerprint density at radius 3 is 2.42 bits per heavy atom. The molecule has 0 amide bonds. The summed E-state index contributed by atoms with van der Waals surface area (Å²) in [5.41, 5.74) is 1.59. The van der Waals surface area contributed by atoms with E-state index in [0.29, 0.717) is 16.5 Å². The standard InChI is InChI=1S/C18H19F2N5S/c1-26-18-22-15(17(19)20)10-16(23-18)25-8-6-24(7-9-25)12-14-4-2-13(11-21)3-5-14/h2-5,10,17H,6-9,12H2,1H3. The minimum Gasteiger partial charge on any atom is -0.354 e. The molecular formula is C18H19F2N5S. The normalized spacial score (nSPS) is 15.3. The summed E-state index contributed by atoms with van der Waals surface area (Å²) < 4.78 is 26.1. The minimum absolute atomic E-state index is 0.223. The van der Waals surface area contributed by atoms with Crippen molar-refractivity contribution in [3.8, 4) is 6.07 Å². The van der Waals surface area contributed by atoms with Gasteiger partial charge in [-0.05, 0) is 24.0 Å². The quantitative estimate of drug-likeness (QED) is 0.590. The Labute approximate surface area is 155 Å². The molecule has 0 N–H and O–H groups in total. The van der Waals surface area contributed by atoms with Crippen LogP contribution in [-0.4, -0.2) is 47.3 Å². The van der Waals surface area contributed by atoms with Crippen LogP contribution in [0.15, 0.2) is 35.5 Å². The highest BCUT2D eigenvalue weighted by Crippen LogP contribution is 2.25. The summed E-state index contributed by atoms with van der Waals surface area (Å²) in [6.07, 6.45) is -0.815. The molecular weight excluding hydrogens is 356 g/mol. The van der Waals surface area contributed by atoms with E-state index in [1.54, 1.807) is 6.26 Å². The highest BCUT2D eigenvalue weighted by atomic mass is 32.2. The predicted molar refractivity (Wildman–Crippen MR) is 97.4 cm³/mol. The number of nitrogens with zero attached hydrogens (tertiary/aromatic N) is 5. The van der Waals surface area contributed by atoms with Gasteiger partial charge in [0.25, 0.3) is 6.43 Å². The van der Waals surface area contributed by atoms with Crippen LogP contribution in [0.4, 0.5) is 14.6 Å². The third-order valence-corrected chi connectivity index (χ3v) is 4.85. The minimum atomic E-state index is -2.60. The van der Waals surface area contributed by atoms with Gasteiger partial charge in [-0.2, -0.15) is 5.26 Å². The molecule has 0 radical (unpaired) electrons. The van der Waals surface area contributed by atoms with Gasteiger partial charge in [-0.3, -0.25) is 4.90 Å². The first-order valence-corrected chi connectivity index (χ1v) is 9.49. The molecule has 1 aromatic heterocycles. The fourth-order valence-corrected chi connectivity index (χ4v) is 3.25. The number of anilines is 1. The first-order valence-electron chi connectivity index (χ1n) is 8.26. The van der Waals surface area contributed by atoms with Gasteiger partial charge in [0.2, 0.25) is 0 Å². The second-order valence-electron chi connectivity index (χ2n) is 6.01. The van der Waals surface area contributed by atoms with E-state index in [1.165, 1.54) is 17.8 Å². The van der Waals surface area contributed by atoms with Crippen LogP contribution in [0, 0.1) is 11.3 Å². The van der Waals surface area contributed by atoms with Crippen molar-refractivity contribution in [1.29, 1.82) is 5.26 Å². The maximum absolute atomic E-state index is 13.0. The highest BCUT2D eigenvalue weighted by molar-refractivity contribution is 7.98. The van der Waals surface area contributed by atoms with E-state index in [4.69, 9.17) is 5.26 Å². The van der Waals surface area contributed by atoms with Gasteiger partial charge >= 0.3 is 0 Å². The molecule has 2 aromatic rings. The average molecular weight is 375 g/mol. The van der Waals surface area contributed by atoms with Crippen LogP contribution in [0.2, 0.25) is 0 Å². The molecule has 0 spiro atoms. The third kappa shape index (κ3) is 4.48.